The van der Waals surface area contributed by atoms with Gasteiger partial charge >= 0.3 is 0 Å². The average Bonchev–Trinajstić information content (AvgIpc) is 2.83. The predicted octanol–water partition coefficient (Wildman–Crippen LogP) is 9.47. The van der Waals surface area contributed by atoms with Crippen LogP contribution in [-0.4, -0.2) is 12.5 Å². The van der Waals surface area contributed by atoms with Crippen molar-refractivity contribution in [2.24, 2.45) is 23.7 Å². The molecule has 1 aromatic carbocycles. The summed E-state index contributed by atoms with van der Waals surface area (Å²) >= 11 is 0. The van der Waals surface area contributed by atoms with E-state index in [0.717, 1.165) is 58.0 Å². The summed E-state index contributed by atoms with van der Waals surface area (Å²) in [5.41, 5.74) is 4.41. The fourth-order valence-electron chi connectivity index (χ4n) is 7.05. The molecule has 3 aliphatic rings. The maximum Gasteiger partial charge on any atom is 0.251 e. The lowest BCUT2D eigenvalue weighted by molar-refractivity contribution is -0.108. The van der Waals surface area contributed by atoms with Crippen molar-refractivity contribution < 1.29 is 13.5 Å². The molecule has 0 radical (unpaired) electrons. The average molecular weight is 475 g/mol. The van der Waals surface area contributed by atoms with Gasteiger partial charge in [-0.1, -0.05) is 64.2 Å². The summed E-state index contributed by atoms with van der Waals surface area (Å²) in [6.45, 7) is 5.21. The smallest absolute Gasteiger partial charge is 0.251 e. The molecule has 4 rings (SSSR count). The summed E-state index contributed by atoms with van der Waals surface area (Å²) in [7, 11) is 0. The third-order valence-corrected chi connectivity index (χ3v) is 9.16. The zero-order chi connectivity index (χ0) is 24.0. The fraction of sp³-hybridized carbons (Fsp3) is 0.806. The van der Waals surface area contributed by atoms with Crippen LogP contribution < -0.4 is 0 Å². The van der Waals surface area contributed by atoms with Crippen LogP contribution in [0.25, 0.3) is 0 Å². The van der Waals surface area contributed by atoms with Crippen molar-refractivity contribution in [3.8, 4) is 0 Å². The Morgan fingerprint density at radius 2 is 1.71 bits per heavy atom. The fourth-order valence-corrected chi connectivity index (χ4v) is 7.05. The van der Waals surface area contributed by atoms with Gasteiger partial charge in [0.2, 0.25) is 0 Å². The van der Waals surface area contributed by atoms with Crippen molar-refractivity contribution in [1.82, 2.24) is 0 Å². The van der Waals surface area contributed by atoms with Crippen LogP contribution in [0.2, 0.25) is 0 Å². The van der Waals surface area contributed by atoms with Gasteiger partial charge in [-0.25, -0.2) is 8.78 Å². The first-order valence-electron chi connectivity index (χ1n) is 14.6. The van der Waals surface area contributed by atoms with E-state index in [1.807, 2.05) is 0 Å². The molecule has 34 heavy (non-hydrogen) atoms. The molecule has 1 nitrogen and oxygen atoms in total. The summed E-state index contributed by atoms with van der Waals surface area (Å²) in [5.74, 6) is -1.47. The van der Waals surface area contributed by atoms with E-state index in [2.05, 4.69) is 32.0 Å². The summed E-state index contributed by atoms with van der Waals surface area (Å²) in [6.07, 6.45) is 16.7. The molecular formula is C31H48F2O. The largest absolute Gasteiger partial charge is 0.373 e. The first-order valence-corrected chi connectivity index (χ1v) is 14.6. The van der Waals surface area contributed by atoms with Crippen LogP contribution in [0.3, 0.4) is 0 Å². The molecule has 0 aromatic heterocycles. The summed E-state index contributed by atoms with van der Waals surface area (Å²) in [6, 6.07) is 7.11. The number of aryl methyl sites for hydroxylation is 2. The molecule has 0 spiro atoms. The maximum absolute atomic E-state index is 14.8. The first kappa shape index (κ1) is 26.1. The minimum Gasteiger partial charge on any atom is -0.373 e. The summed E-state index contributed by atoms with van der Waals surface area (Å²) in [4.78, 5) is 0. The van der Waals surface area contributed by atoms with Crippen LogP contribution >= 0.6 is 0 Å². The summed E-state index contributed by atoms with van der Waals surface area (Å²) in [5, 5.41) is 0. The summed E-state index contributed by atoms with van der Waals surface area (Å²) < 4.78 is 36.0. The van der Waals surface area contributed by atoms with Gasteiger partial charge in [0, 0.05) is 12.3 Å². The number of benzene rings is 1. The van der Waals surface area contributed by atoms with Gasteiger partial charge in [-0.15, -0.1) is 0 Å². The highest BCUT2D eigenvalue weighted by atomic mass is 19.3. The highest BCUT2D eigenvalue weighted by molar-refractivity contribution is 5.36. The van der Waals surface area contributed by atoms with Crippen LogP contribution in [0.5, 0.6) is 0 Å². The number of alkyl halides is 2. The van der Waals surface area contributed by atoms with E-state index in [-0.39, 0.29) is 24.4 Å². The minimum atomic E-state index is -2.45. The van der Waals surface area contributed by atoms with Gasteiger partial charge in [0.1, 0.15) is 0 Å². The van der Waals surface area contributed by atoms with Crippen LogP contribution in [0.4, 0.5) is 8.78 Å². The molecule has 1 aliphatic heterocycles. The molecule has 5 unspecified atom stereocenters. The van der Waals surface area contributed by atoms with Gasteiger partial charge in [0.25, 0.3) is 5.92 Å². The van der Waals surface area contributed by atoms with Crippen molar-refractivity contribution in [3.63, 3.8) is 0 Å². The zero-order valence-electron chi connectivity index (χ0n) is 21.8. The molecule has 3 heteroatoms. The molecular weight excluding hydrogens is 426 g/mol. The van der Waals surface area contributed by atoms with E-state index < -0.39 is 5.92 Å². The van der Waals surface area contributed by atoms with Crippen LogP contribution in [-0.2, 0) is 17.6 Å². The predicted molar refractivity (Wildman–Crippen MR) is 137 cm³/mol. The van der Waals surface area contributed by atoms with Crippen LogP contribution in [0.15, 0.2) is 18.2 Å². The lowest BCUT2D eigenvalue weighted by atomic mass is 9.72. The van der Waals surface area contributed by atoms with Gasteiger partial charge in [-0.3, -0.25) is 0 Å². The lowest BCUT2D eigenvalue weighted by Gasteiger charge is -2.41. The molecule has 2 aliphatic carbocycles. The molecule has 5 atom stereocenters. The second-order valence-corrected chi connectivity index (χ2v) is 11.8. The number of hydrogen-bond donors (Lipinski definition) is 0. The van der Waals surface area contributed by atoms with E-state index in [9.17, 15) is 8.78 Å². The Kier molecular flexibility index (Phi) is 9.47. The standard InChI is InChI=1S/C31H48F2O/c1-3-5-7-9-23-14-18-29-26(19-23)15-16-27-20-25(22-34-30(27)29)12-11-24-13-17-28(10-8-6-4-2)31(32,33)21-24/h14,18-19,24-25,27-28,30H,3-13,15-17,20-22H2,1-2H3. The maximum atomic E-state index is 14.8. The van der Waals surface area contributed by atoms with Crippen molar-refractivity contribution >= 4 is 0 Å². The first-order chi connectivity index (χ1) is 16.5. The van der Waals surface area contributed by atoms with E-state index in [0.29, 0.717) is 11.8 Å². The Balaban J connectivity index is 1.24. The van der Waals surface area contributed by atoms with E-state index >= 15 is 0 Å². The Hall–Kier alpha value is -0.960. The molecule has 0 amide bonds. The monoisotopic (exact) mass is 474 g/mol. The lowest BCUT2D eigenvalue weighted by Crippen LogP contribution is -2.36. The molecule has 0 N–H and O–H groups in total. The van der Waals surface area contributed by atoms with Crippen molar-refractivity contribution in [2.45, 2.75) is 129 Å². The quantitative estimate of drug-likeness (QED) is 0.290. The third kappa shape index (κ3) is 6.62. The van der Waals surface area contributed by atoms with E-state index in [1.165, 1.54) is 61.6 Å². The molecule has 1 saturated heterocycles. The molecule has 192 valence electrons. The number of halogens is 2. The number of unbranched alkanes of at least 4 members (excludes halogenated alkanes) is 4. The molecule has 1 aromatic rings. The SMILES string of the molecule is CCCCCc1ccc2c(c1)CCC1CC(CCC3CCC(CCCCC)C(F)(F)C3)COC21. The number of hydrogen-bond acceptors (Lipinski definition) is 1. The molecule has 1 saturated carbocycles. The van der Waals surface area contributed by atoms with Gasteiger partial charge in [-0.2, -0.15) is 0 Å². The van der Waals surface area contributed by atoms with Gasteiger partial charge in [0.05, 0.1) is 12.7 Å². The number of rotatable bonds is 11. The zero-order valence-corrected chi connectivity index (χ0v) is 21.8. The van der Waals surface area contributed by atoms with Crippen molar-refractivity contribution in [2.75, 3.05) is 6.61 Å². The Morgan fingerprint density at radius 1 is 0.912 bits per heavy atom. The van der Waals surface area contributed by atoms with Gasteiger partial charge in [0.15, 0.2) is 0 Å². The van der Waals surface area contributed by atoms with E-state index in [1.54, 1.807) is 0 Å². The highest BCUT2D eigenvalue weighted by Gasteiger charge is 2.44. The Morgan fingerprint density at radius 3 is 2.50 bits per heavy atom. The Bertz CT molecular complexity index is 760. The number of ether oxygens (including phenoxy) is 1. The van der Waals surface area contributed by atoms with E-state index in [4.69, 9.17) is 4.74 Å². The van der Waals surface area contributed by atoms with Gasteiger partial charge < -0.3 is 4.74 Å². The van der Waals surface area contributed by atoms with Crippen molar-refractivity contribution in [3.05, 3.63) is 34.9 Å². The topological polar surface area (TPSA) is 9.23 Å². The van der Waals surface area contributed by atoms with Crippen molar-refractivity contribution in [1.29, 1.82) is 0 Å². The normalized spacial score (nSPS) is 30.5. The van der Waals surface area contributed by atoms with Gasteiger partial charge in [-0.05, 0) is 98.7 Å². The van der Waals surface area contributed by atoms with Crippen LogP contribution in [0.1, 0.15) is 127 Å². The highest BCUT2D eigenvalue weighted by Crippen LogP contribution is 2.47. The third-order valence-electron chi connectivity index (χ3n) is 9.16. The molecule has 2 fully saturated rings. The second-order valence-electron chi connectivity index (χ2n) is 11.8. The molecule has 0 bridgehead atoms. The minimum absolute atomic E-state index is 0.122. The van der Waals surface area contributed by atoms with Crippen LogP contribution in [0, 0.1) is 23.7 Å². The Labute approximate surface area is 207 Å². The molecule has 1 heterocycles. The second kappa shape index (κ2) is 12.3. The number of fused-ring (bicyclic) bond motifs is 3.